The Hall–Kier alpha value is -2.11. The number of hydrogen-bond donors (Lipinski definition) is 1. The molecule has 0 radical (unpaired) electrons. The van der Waals surface area contributed by atoms with Gasteiger partial charge in [-0.25, -0.2) is 4.79 Å². The van der Waals surface area contributed by atoms with Crippen molar-refractivity contribution in [1.82, 2.24) is 0 Å². The highest BCUT2D eigenvalue weighted by molar-refractivity contribution is 5.97. The maximum atomic E-state index is 12.0. The highest BCUT2D eigenvalue weighted by Crippen LogP contribution is 2.29. The fraction of sp³-hybridized carbons (Fsp3) is 0.462. The Bertz CT molecular complexity index is 522. The summed E-state index contributed by atoms with van der Waals surface area (Å²) in [5, 5.41) is 10.9. The molecule has 1 aromatic carbocycles. The van der Waals surface area contributed by atoms with Crippen molar-refractivity contribution in [3.8, 4) is 0 Å². The molecule has 2 N–H and O–H groups in total. The van der Waals surface area contributed by atoms with Gasteiger partial charge in [0.15, 0.2) is 0 Å². The summed E-state index contributed by atoms with van der Waals surface area (Å²) >= 11 is 0. The third-order valence-corrected chi connectivity index (χ3v) is 3.30. The number of benzene rings is 1. The maximum absolute atomic E-state index is 12.0. The second kappa shape index (κ2) is 5.26. The van der Waals surface area contributed by atoms with Crippen molar-refractivity contribution in [3.05, 3.63) is 33.4 Å². The fourth-order valence-corrected chi connectivity index (χ4v) is 2.32. The van der Waals surface area contributed by atoms with Crippen molar-refractivity contribution in [2.75, 3.05) is 5.73 Å². The molecule has 19 heavy (non-hydrogen) atoms. The number of aryl methyl sites for hydroxylation is 1. The number of nitrogens with zero attached hydrogens (tertiary/aromatic N) is 1. The van der Waals surface area contributed by atoms with E-state index in [0.29, 0.717) is 5.56 Å². The highest BCUT2D eigenvalue weighted by Gasteiger charge is 2.25. The molecule has 102 valence electrons. The largest absolute Gasteiger partial charge is 0.459 e. The SMILES string of the molecule is Cc1cc(C(=O)OC2CCCC2)c(N)c([N+](=O)[O-])c1. The standard InChI is InChI=1S/C13H16N2O4/c1-8-6-10(12(14)11(7-8)15(17)18)13(16)19-9-4-2-3-5-9/h6-7,9H,2-5,14H2,1H3. The van der Waals surface area contributed by atoms with Gasteiger partial charge >= 0.3 is 5.97 Å². The zero-order valence-corrected chi connectivity index (χ0v) is 10.7. The molecule has 2 rings (SSSR count). The van der Waals surface area contributed by atoms with Crippen LogP contribution in [-0.2, 0) is 4.74 Å². The smallest absolute Gasteiger partial charge is 0.340 e. The van der Waals surface area contributed by atoms with Gasteiger partial charge in [-0.3, -0.25) is 10.1 Å². The molecule has 1 fully saturated rings. The Morgan fingerprint density at radius 1 is 1.42 bits per heavy atom. The van der Waals surface area contributed by atoms with E-state index in [2.05, 4.69) is 0 Å². The van der Waals surface area contributed by atoms with Crippen LogP contribution < -0.4 is 5.73 Å². The second-order valence-electron chi connectivity index (χ2n) is 4.81. The molecular weight excluding hydrogens is 248 g/mol. The number of nitrogen functional groups attached to an aromatic ring is 1. The Morgan fingerprint density at radius 2 is 2.05 bits per heavy atom. The van der Waals surface area contributed by atoms with E-state index in [-0.39, 0.29) is 23.0 Å². The van der Waals surface area contributed by atoms with E-state index in [0.717, 1.165) is 25.7 Å². The van der Waals surface area contributed by atoms with Crippen LogP contribution in [0.1, 0.15) is 41.6 Å². The predicted molar refractivity (Wildman–Crippen MR) is 69.9 cm³/mol. The molecule has 0 saturated heterocycles. The first kappa shape index (κ1) is 13.3. The van der Waals surface area contributed by atoms with E-state index >= 15 is 0 Å². The topological polar surface area (TPSA) is 95.5 Å². The van der Waals surface area contributed by atoms with Crippen LogP contribution in [0.2, 0.25) is 0 Å². The minimum Gasteiger partial charge on any atom is -0.459 e. The number of carbonyl (C=O) groups is 1. The van der Waals surface area contributed by atoms with E-state index in [1.165, 1.54) is 12.1 Å². The number of hydrogen-bond acceptors (Lipinski definition) is 5. The summed E-state index contributed by atoms with van der Waals surface area (Å²) in [7, 11) is 0. The summed E-state index contributed by atoms with van der Waals surface area (Å²) in [5.74, 6) is -0.573. The van der Waals surface area contributed by atoms with Gasteiger partial charge in [-0.2, -0.15) is 0 Å². The third kappa shape index (κ3) is 2.83. The van der Waals surface area contributed by atoms with E-state index in [1.807, 2.05) is 0 Å². The molecule has 0 aromatic heterocycles. The lowest BCUT2D eigenvalue weighted by Crippen LogP contribution is -2.16. The monoisotopic (exact) mass is 264 g/mol. The Kier molecular flexibility index (Phi) is 3.69. The van der Waals surface area contributed by atoms with Crippen LogP contribution in [0.3, 0.4) is 0 Å². The molecular formula is C13H16N2O4. The van der Waals surface area contributed by atoms with Crippen molar-refractivity contribution in [1.29, 1.82) is 0 Å². The minimum absolute atomic E-state index is 0.0820. The molecule has 1 aliphatic rings. The number of nitro benzene ring substituents is 1. The van der Waals surface area contributed by atoms with E-state index in [9.17, 15) is 14.9 Å². The number of esters is 1. The fourth-order valence-electron chi connectivity index (χ4n) is 2.32. The minimum atomic E-state index is -0.589. The third-order valence-electron chi connectivity index (χ3n) is 3.30. The summed E-state index contributed by atoms with van der Waals surface area (Å²) in [6.45, 7) is 1.68. The molecule has 1 aromatic rings. The van der Waals surface area contributed by atoms with Crippen LogP contribution in [0.4, 0.5) is 11.4 Å². The van der Waals surface area contributed by atoms with Gasteiger partial charge in [0.2, 0.25) is 0 Å². The van der Waals surface area contributed by atoms with Crippen molar-refractivity contribution >= 4 is 17.3 Å². The maximum Gasteiger partial charge on any atom is 0.340 e. The van der Waals surface area contributed by atoms with Crippen molar-refractivity contribution in [2.45, 2.75) is 38.7 Å². The number of nitrogens with two attached hydrogens (primary N) is 1. The lowest BCUT2D eigenvalue weighted by atomic mass is 10.1. The van der Waals surface area contributed by atoms with E-state index < -0.39 is 10.9 Å². The van der Waals surface area contributed by atoms with Crippen LogP contribution in [0.25, 0.3) is 0 Å². The molecule has 6 heteroatoms. The molecule has 0 bridgehead atoms. The summed E-state index contributed by atoms with van der Waals surface area (Å²) in [6.07, 6.45) is 3.69. The Morgan fingerprint density at radius 3 is 2.63 bits per heavy atom. The van der Waals surface area contributed by atoms with Crippen molar-refractivity contribution in [3.63, 3.8) is 0 Å². The molecule has 1 saturated carbocycles. The van der Waals surface area contributed by atoms with Crippen LogP contribution in [0, 0.1) is 17.0 Å². The average molecular weight is 264 g/mol. The Balaban J connectivity index is 2.27. The molecule has 0 atom stereocenters. The van der Waals surface area contributed by atoms with E-state index in [4.69, 9.17) is 10.5 Å². The first-order valence-electron chi connectivity index (χ1n) is 6.24. The van der Waals surface area contributed by atoms with Gasteiger partial charge in [0, 0.05) is 6.07 Å². The van der Waals surface area contributed by atoms with Crippen LogP contribution >= 0.6 is 0 Å². The van der Waals surface area contributed by atoms with Crippen LogP contribution in [0.15, 0.2) is 12.1 Å². The summed E-state index contributed by atoms with van der Waals surface area (Å²) in [5.41, 5.74) is 6.00. The molecule has 1 aliphatic carbocycles. The second-order valence-corrected chi connectivity index (χ2v) is 4.81. The van der Waals surface area contributed by atoms with Crippen molar-refractivity contribution < 1.29 is 14.5 Å². The predicted octanol–water partition coefficient (Wildman–Crippen LogP) is 2.58. The van der Waals surface area contributed by atoms with Gasteiger partial charge in [-0.05, 0) is 44.2 Å². The van der Waals surface area contributed by atoms with E-state index in [1.54, 1.807) is 6.92 Å². The zero-order valence-electron chi connectivity index (χ0n) is 10.7. The lowest BCUT2D eigenvalue weighted by molar-refractivity contribution is -0.384. The number of ether oxygens (including phenoxy) is 1. The molecule has 0 heterocycles. The van der Waals surface area contributed by atoms with Gasteiger partial charge in [-0.1, -0.05) is 0 Å². The number of rotatable bonds is 3. The number of anilines is 1. The van der Waals surface area contributed by atoms with Gasteiger partial charge in [-0.15, -0.1) is 0 Å². The number of carbonyl (C=O) groups excluding carboxylic acids is 1. The first-order valence-corrected chi connectivity index (χ1v) is 6.24. The van der Waals surface area contributed by atoms with Crippen LogP contribution in [-0.4, -0.2) is 17.0 Å². The zero-order chi connectivity index (χ0) is 14.0. The van der Waals surface area contributed by atoms with Crippen molar-refractivity contribution in [2.24, 2.45) is 0 Å². The van der Waals surface area contributed by atoms with Gasteiger partial charge in [0.1, 0.15) is 11.8 Å². The summed E-state index contributed by atoms with van der Waals surface area (Å²) < 4.78 is 5.33. The molecule has 6 nitrogen and oxygen atoms in total. The van der Waals surface area contributed by atoms with Gasteiger partial charge < -0.3 is 10.5 Å². The lowest BCUT2D eigenvalue weighted by Gasteiger charge is -2.13. The Labute approximate surface area is 110 Å². The molecule has 0 unspecified atom stereocenters. The summed E-state index contributed by atoms with van der Waals surface area (Å²) in [6, 6.07) is 2.88. The average Bonchev–Trinajstić information content (AvgIpc) is 2.84. The quantitative estimate of drug-likeness (QED) is 0.392. The van der Waals surface area contributed by atoms with Gasteiger partial charge in [0.25, 0.3) is 5.69 Å². The first-order chi connectivity index (χ1) is 8.99. The molecule has 0 aliphatic heterocycles. The number of nitro groups is 1. The van der Waals surface area contributed by atoms with Crippen LogP contribution in [0.5, 0.6) is 0 Å². The molecule has 0 spiro atoms. The summed E-state index contributed by atoms with van der Waals surface area (Å²) in [4.78, 5) is 22.3. The molecule has 0 amide bonds. The highest BCUT2D eigenvalue weighted by atomic mass is 16.6. The van der Waals surface area contributed by atoms with Gasteiger partial charge in [0.05, 0.1) is 10.5 Å². The normalized spacial score (nSPS) is 15.4.